The highest BCUT2D eigenvalue weighted by molar-refractivity contribution is 6.32. The molecule has 98 valence electrons. The van der Waals surface area contributed by atoms with Crippen LogP contribution in [-0.4, -0.2) is 12.9 Å². The summed E-state index contributed by atoms with van der Waals surface area (Å²) in [4.78, 5) is 12.3. The molecular formula is C15H14ClNO2. The van der Waals surface area contributed by atoms with E-state index in [0.717, 1.165) is 5.56 Å². The first-order valence-corrected chi connectivity index (χ1v) is 6.19. The maximum Gasteiger partial charge on any atom is 0.184 e. The topological polar surface area (TPSA) is 52.3 Å². The smallest absolute Gasteiger partial charge is 0.184 e. The predicted molar refractivity (Wildman–Crippen MR) is 75.7 cm³/mol. The summed E-state index contributed by atoms with van der Waals surface area (Å²) in [6, 6.07) is 13.4. The lowest BCUT2D eigenvalue weighted by Gasteiger charge is -2.12. The van der Waals surface area contributed by atoms with Crippen molar-refractivity contribution < 1.29 is 9.53 Å². The average molecular weight is 276 g/mol. The Hall–Kier alpha value is -1.84. The summed E-state index contributed by atoms with van der Waals surface area (Å²) in [5.41, 5.74) is 7.24. The lowest BCUT2D eigenvalue weighted by molar-refractivity contribution is 0.0961. The number of hydrogen-bond acceptors (Lipinski definition) is 3. The summed E-state index contributed by atoms with van der Waals surface area (Å²) in [5.74, 6) is 0.300. The standard InChI is InChI=1S/C15H14ClNO2/c1-19-13-9-11(7-8-12(13)16)15(18)14(17)10-5-3-2-4-6-10/h2-9,14H,17H2,1H3/t14-/m1/s1. The highest BCUT2D eigenvalue weighted by Gasteiger charge is 2.18. The third-order valence-electron chi connectivity index (χ3n) is 2.88. The van der Waals surface area contributed by atoms with E-state index < -0.39 is 6.04 Å². The monoisotopic (exact) mass is 275 g/mol. The second-order valence-electron chi connectivity index (χ2n) is 4.10. The molecule has 0 saturated carbocycles. The summed E-state index contributed by atoms with van der Waals surface area (Å²) >= 11 is 5.93. The number of ether oxygens (including phenoxy) is 1. The molecule has 0 aliphatic heterocycles. The molecule has 0 bridgehead atoms. The van der Waals surface area contributed by atoms with Gasteiger partial charge in [0.2, 0.25) is 0 Å². The van der Waals surface area contributed by atoms with Crippen LogP contribution >= 0.6 is 11.6 Å². The fourth-order valence-electron chi connectivity index (χ4n) is 1.80. The lowest BCUT2D eigenvalue weighted by Crippen LogP contribution is -2.21. The molecule has 0 heterocycles. The second kappa shape index (κ2) is 5.87. The van der Waals surface area contributed by atoms with Crippen LogP contribution in [0.5, 0.6) is 5.75 Å². The Bertz CT molecular complexity index is 584. The predicted octanol–water partition coefficient (Wildman–Crippen LogP) is 3.23. The van der Waals surface area contributed by atoms with E-state index in [9.17, 15) is 4.79 Å². The number of rotatable bonds is 4. The van der Waals surface area contributed by atoms with E-state index in [-0.39, 0.29) is 5.78 Å². The van der Waals surface area contributed by atoms with E-state index in [2.05, 4.69) is 0 Å². The highest BCUT2D eigenvalue weighted by Crippen LogP contribution is 2.27. The average Bonchev–Trinajstić information content (AvgIpc) is 2.47. The molecule has 2 N–H and O–H groups in total. The van der Waals surface area contributed by atoms with Crippen LogP contribution in [0.15, 0.2) is 48.5 Å². The van der Waals surface area contributed by atoms with Crippen LogP contribution in [-0.2, 0) is 0 Å². The molecule has 0 spiro atoms. The van der Waals surface area contributed by atoms with Crippen molar-refractivity contribution in [3.8, 4) is 5.75 Å². The highest BCUT2D eigenvalue weighted by atomic mass is 35.5. The molecule has 2 aromatic rings. The van der Waals surface area contributed by atoms with Gasteiger partial charge in [-0.2, -0.15) is 0 Å². The molecule has 19 heavy (non-hydrogen) atoms. The number of halogens is 1. The van der Waals surface area contributed by atoms with Crippen molar-refractivity contribution in [2.24, 2.45) is 5.73 Å². The van der Waals surface area contributed by atoms with Gasteiger partial charge in [0.1, 0.15) is 5.75 Å². The molecule has 0 amide bonds. The molecule has 0 saturated heterocycles. The first-order chi connectivity index (χ1) is 9.13. The minimum atomic E-state index is -0.688. The molecule has 3 nitrogen and oxygen atoms in total. The third kappa shape index (κ3) is 2.95. The van der Waals surface area contributed by atoms with Crippen LogP contribution in [0.4, 0.5) is 0 Å². The minimum Gasteiger partial charge on any atom is -0.495 e. The van der Waals surface area contributed by atoms with Crippen molar-refractivity contribution in [2.45, 2.75) is 6.04 Å². The van der Waals surface area contributed by atoms with E-state index in [1.54, 1.807) is 18.2 Å². The van der Waals surface area contributed by atoms with Crippen LogP contribution in [0, 0.1) is 0 Å². The molecule has 0 aliphatic rings. The van der Waals surface area contributed by atoms with E-state index >= 15 is 0 Å². The van der Waals surface area contributed by atoms with Crippen LogP contribution in [0.2, 0.25) is 5.02 Å². The van der Waals surface area contributed by atoms with Gasteiger partial charge in [-0.1, -0.05) is 41.9 Å². The number of hydrogen-bond donors (Lipinski definition) is 1. The van der Waals surface area contributed by atoms with Crippen molar-refractivity contribution in [1.29, 1.82) is 0 Å². The van der Waals surface area contributed by atoms with Gasteiger partial charge < -0.3 is 10.5 Å². The third-order valence-corrected chi connectivity index (χ3v) is 3.19. The summed E-state index contributed by atoms with van der Waals surface area (Å²) in [6.07, 6.45) is 0. The van der Waals surface area contributed by atoms with Crippen molar-refractivity contribution >= 4 is 17.4 Å². The molecule has 4 heteroatoms. The quantitative estimate of drug-likeness (QED) is 0.872. The van der Waals surface area contributed by atoms with Crippen LogP contribution in [0.25, 0.3) is 0 Å². The van der Waals surface area contributed by atoms with E-state index in [1.807, 2.05) is 30.3 Å². The van der Waals surface area contributed by atoms with Crippen molar-refractivity contribution in [3.05, 3.63) is 64.7 Å². The van der Waals surface area contributed by atoms with Crippen LogP contribution in [0.1, 0.15) is 22.0 Å². The molecular weight excluding hydrogens is 262 g/mol. The zero-order chi connectivity index (χ0) is 13.8. The first kappa shape index (κ1) is 13.6. The lowest BCUT2D eigenvalue weighted by atomic mass is 9.98. The van der Waals surface area contributed by atoms with Crippen molar-refractivity contribution in [2.75, 3.05) is 7.11 Å². The van der Waals surface area contributed by atoms with Gasteiger partial charge in [0.15, 0.2) is 5.78 Å². The Balaban J connectivity index is 2.29. The Morgan fingerprint density at radius 3 is 2.53 bits per heavy atom. The number of nitrogens with two attached hydrogens (primary N) is 1. The van der Waals surface area contributed by atoms with Gasteiger partial charge in [-0.3, -0.25) is 4.79 Å². The van der Waals surface area contributed by atoms with Gasteiger partial charge >= 0.3 is 0 Å². The second-order valence-corrected chi connectivity index (χ2v) is 4.51. The minimum absolute atomic E-state index is 0.166. The van der Waals surface area contributed by atoms with Gasteiger partial charge in [-0.25, -0.2) is 0 Å². The fourth-order valence-corrected chi connectivity index (χ4v) is 2.00. The summed E-state index contributed by atoms with van der Waals surface area (Å²) < 4.78 is 5.10. The Labute approximate surface area is 117 Å². The number of carbonyl (C=O) groups excluding carboxylic acids is 1. The number of ketones is 1. The van der Waals surface area contributed by atoms with Crippen molar-refractivity contribution in [3.63, 3.8) is 0 Å². The van der Waals surface area contributed by atoms with Gasteiger partial charge in [0.05, 0.1) is 18.2 Å². The molecule has 1 atom stereocenters. The maximum atomic E-state index is 12.3. The van der Waals surface area contributed by atoms with Gasteiger partial charge in [0, 0.05) is 5.56 Å². The van der Waals surface area contributed by atoms with Gasteiger partial charge in [-0.15, -0.1) is 0 Å². The fraction of sp³-hybridized carbons (Fsp3) is 0.133. The molecule has 2 aromatic carbocycles. The number of benzene rings is 2. The zero-order valence-corrected chi connectivity index (χ0v) is 11.2. The normalized spacial score (nSPS) is 11.9. The van der Waals surface area contributed by atoms with Crippen molar-refractivity contribution in [1.82, 2.24) is 0 Å². The van der Waals surface area contributed by atoms with E-state index in [4.69, 9.17) is 22.1 Å². The number of methoxy groups -OCH3 is 1. The molecule has 0 radical (unpaired) electrons. The zero-order valence-electron chi connectivity index (χ0n) is 10.5. The van der Waals surface area contributed by atoms with E-state index in [0.29, 0.717) is 16.3 Å². The molecule has 0 unspecified atom stereocenters. The first-order valence-electron chi connectivity index (χ1n) is 5.81. The molecule has 2 rings (SSSR count). The number of carbonyl (C=O) groups is 1. The molecule has 0 fully saturated rings. The van der Waals surface area contributed by atoms with Crippen LogP contribution in [0.3, 0.4) is 0 Å². The van der Waals surface area contributed by atoms with Crippen LogP contribution < -0.4 is 10.5 Å². The molecule has 0 aromatic heterocycles. The largest absolute Gasteiger partial charge is 0.495 e. The van der Waals surface area contributed by atoms with Gasteiger partial charge in [-0.05, 0) is 23.8 Å². The Morgan fingerprint density at radius 2 is 1.89 bits per heavy atom. The van der Waals surface area contributed by atoms with Gasteiger partial charge in [0.25, 0.3) is 0 Å². The SMILES string of the molecule is COc1cc(C(=O)[C@H](N)c2ccccc2)ccc1Cl. The Morgan fingerprint density at radius 1 is 1.21 bits per heavy atom. The maximum absolute atomic E-state index is 12.3. The molecule has 0 aliphatic carbocycles. The Kier molecular flexibility index (Phi) is 4.20. The number of Topliss-reactive ketones (excluding diaryl/α,β-unsaturated/α-hetero) is 1. The van der Waals surface area contributed by atoms with E-state index in [1.165, 1.54) is 7.11 Å². The summed E-state index contributed by atoms with van der Waals surface area (Å²) in [7, 11) is 1.51. The summed E-state index contributed by atoms with van der Waals surface area (Å²) in [5, 5.41) is 0.465. The summed E-state index contributed by atoms with van der Waals surface area (Å²) in [6.45, 7) is 0.